The number of carbonyl (C=O) groups is 2. The summed E-state index contributed by atoms with van der Waals surface area (Å²) in [5, 5.41) is 9.40. The summed E-state index contributed by atoms with van der Waals surface area (Å²) in [4.78, 5) is 24.5. The Labute approximate surface area is 166 Å². The Morgan fingerprint density at radius 2 is 1.81 bits per heavy atom. The summed E-state index contributed by atoms with van der Waals surface area (Å²) >= 11 is 3.26. The van der Waals surface area contributed by atoms with Gasteiger partial charge in [0.05, 0.1) is 0 Å². The summed E-state index contributed by atoms with van der Waals surface area (Å²) in [5.74, 6) is -0.337. The number of nitrogens with one attached hydrogen (secondary N) is 1. The second-order valence-electron chi connectivity index (χ2n) is 6.52. The molecule has 2 aliphatic rings. The Balaban J connectivity index is 1.82. The van der Waals surface area contributed by atoms with E-state index in [1.54, 1.807) is 0 Å². The molecule has 2 aromatic carbocycles. The lowest BCUT2D eigenvalue weighted by Crippen LogP contribution is -2.43. The maximum absolute atomic E-state index is 12.5. The lowest BCUT2D eigenvalue weighted by Gasteiger charge is -2.42. The Hall–Kier alpha value is -2.25. The van der Waals surface area contributed by atoms with E-state index in [0.29, 0.717) is 11.6 Å². The molecule has 138 valence electrons. The van der Waals surface area contributed by atoms with E-state index in [4.69, 9.17) is 0 Å². The van der Waals surface area contributed by atoms with Crippen LogP contribution in [-0.2, 0) is 14.5 Å². The van der Waals surface area contributed by atoms with Gasteiger partial charge in [-0.25, -0.2) is 5.01 Å². The van der Waals surface area contributed by atoms with Crippen LogP contribution in [0.1, 0.15) is 36.6 Å². The van der Waals surface area contributed by atoms with Gasteiger partial charge in [0.15, 0.2) is 5.17 Å². The summed E-state index contributed by atoms with van der Waals surface area (Å²) in [6, 6.07) is 18.5. The number of fused-ring (bicyclic) bond motifs is 2. The van der Waals surface area contributed by atoms with Crippen molar-refractivity contribution in [1.29, 1.82) is 0 Å². The summed E-state index contributed by atoms with van der Waals surface area (Å²) in [6.45, 7) is 2.97. The van der Waals surface area contributed by atoms with E-state index >= 15 is 0 Å². The number of benzene rings is 2. The Kier molecular flexibility index (Phi) is 4.74. The number of amides is 2. The zero-order valence-electron chi connectivity index (χ0n) is 15.0. The average Bonchev–Trinajstić information content (AvgIpc) is 3.00. The van der Waals surface area contributed by atoms with Crippen molar-refractivity contribution in [3.63, 3.8) is 0 Å². The number of hydrogen-bond donors (Lipinski definition) is 1. The van der Waals surface area contributed by atoms with Crippen LogP contribution < -0.4 is 5.32 Å². The molecule has 0 aliphatic carbocycles. The molecule has 1 spiro atoms. The van der Waals surface area contributed by atoms with E-state index < -0.39 is 4.87 Å². The number of hydrogen-bond acceptors (Lipinski definition) is 5. The molecule has 0 fully saturated rings. The zero-order chi connectivity index (χ0) is 19.0. The highest BCUT2D eigenvalue weighted by Crippen LogP contribution is 2.60. The quantitative estimate of drug-likeness (QED) is 0.788. The first-order valence-corrected chi connectivity index (χ1v) is 10.4. The number of nitrogens with zero attached hydrogens (tertiary/aromatic N) is 2. The molecule has 2 unspecified atom stereocenters. The third-order valence-electron chi connectivity index (χ3n) is 4.59. The van der Waals surface area contributed by atoms with E-state index in [1.807, 2.05) is 42.1 Å². The molecule has 2 aliphatic heterocycles. The van der Waals surface area contributed by atoms with E-state index in [-0.39, 0.29) is 17.1 Å². The van der Waals surface area contributed by atoms with Gasteiger partial charge in [0.1, 0.15) is 4.87 Å². The van der Waals surface area contributed by atoms with Crippen molar-refractivity contribution in [3.05, 3.63) is 65.7 Å². The van der Waals surface area contributed by atoms with Gasteiger partial charge < -0.3 is 5.32 Å². The van der Waals surface area contributed by atoms with Gasteiger partial charge in [-0.3, -0.25) is 9.59 Å². The van der Waals surface area contributed by atoms with Crippen LogP contribution in [-0.4, -0.2) is 22.0 Å². The van der Waals surface area contributed by atoms with Crippen LogP contribution in [0.25, 0.3) is 0 Å². The maximum Gasteiger partial charge on any atom is 0.241 e. The molecule has 0 bridgehead atoms. The van der Waals surface area contributed by atoms with Gasteiger partial charge in [0.2, 0.25) is 11.8 Å². The van der Waals surface area contributed by atoms with Crippen molar-refractivity contribution in [2.24, 2.45) is 5.10 Å². The number of amidine groups is 1. The standard InChI is InChI=1S/C20H19N3O2S2/c1-13(24)21-19-22-23(14(2)25)20(27-19)12-18(15-8-4-3-5-9-15)26-17-11-7-6-10-16(17)20/h3-11,18H,12H2,1-2H3,(H,21,22,24). The molecule has 2 amide bonds. The van der Waals surface area contributed by atoms with E-state index in [0.717, 1.165) is 10.5 Å². The van der Waals surface area contributed by atoms with Crippen molar-refractivity contribution in [3.8, 4) is 0 Å². The van der Waals surface area contributed by atoms with Crippen LogP contribution in [0.5, 0.6) is 0 Å². The third-order valence-corrected chi connectivity index (χ3v) is 7.20. The molecule has 2 heterocycles. The molecule has 4 rings (SSSR count). The minimum absolute atomic E-state index is 0.142. The highest BCUT2D eigenvalue weighted by Gasteiger charge is 2.52. The minimum atomic E-state index is -0.661. The molecule has 0 saturated carbocycles. The average molecular weight is 398 g/mol. The largest absolute Gasteiger partial charge is 0.304 e. The molecule has 5 nitrogen and oxygen atoms in total. The van der Waals surface area contributed by atoms with Gasteiger partial charge in [-0.15, -0.1) is 16.9 Å². The Morgan fingerprint density at radius 3 is 2.52 bits per heavy atom. The van der Waals surface area contributed by atoms with Crippen LogP contribution in [0, 0.1) is 0 Å². The SMILES string of the molecule is CC(=O)NC1=NN(C(C)=O)C2(CC(c3ccccc3)Sc3ccccc32)S1. The minimum Gasteiger partial charge on any atom is -0.304 e. The summed E-state index contributed by atoms with van der Waals surface area (Å²) < 4.78 is 0. The van der Waals surface area contributed by atoms with Crippen LogP contribution in [0.15, 0.2) is 64.6 Å². The van der Waals surface area contributed by atoms with E-state index in [9.17, 15) is 9.59 Å². The van der Waals surface area contributed by atoms with Crippen LogP contribution in [0.2, 0.25) is 0 Å². The number of thioether (sulfide) groups is 2. The second-order valence-corrected chi connectivity index (χ2v) is 9.03. The second kappa shape index (κ2) is 7.05. The van der Waals surface area contributed by atoms with Crippen LogP contribution in [0.3, 0.4) is 0 Å². The fraction of sp³-hybridized carbons (Fsp3) is 0.250. The number of carbonyl (C=O) groups excluding carboxylic acids is 2. The van der Waals surface area contributed by atoms with E-state index in [2.05, 4.69) is 34.7 Å². The van der Waals surface area contributed by atoms with Crippen molar-refractivity contribution >= 4 is 40.5 Å². The van der Waals surface area contributed by atoms with Crippen molar-refractivity contribution < 1.29 is 9.59 Å². The molecule has 1 N–H and O–H groups in total. The first kappa shape index (κ1) is 18.1. The third kappa shape index (κ3) is 3.26. The van der Waals surface area contributed by atoms with Gasteiger partial charge in [-0.1, -0.05) is 60.3 Å². The number of hydrazone groups is 1. The molecule has 0 radical (unpaired) electrons. The predicted octanol–water partition coefficient (Wildman–Crippen LogP) is 4.08. The predicted molar refractivity (Wildman–Crippen MR) is 109 cm³/mol. The molecular formula is C20H19N3O2S2. The molecule has 27 heavy (non-hydrogen) atoms. The lowest BCUT2D eigenvalue weighted by molar-refractivity contribution is -0.132. The highest BCUT2D eigenvalue weighted by molar-refractivity contribution is 8.15. The smallest absolute Gasteiger partial charge is 0.241 e. The maximum atomic E-state index is 12.5. The molecule has 0 aromatic heterocycles. The fourth-order valence-corrected chi connectivity index (χ4v) is 6.57. The summed E-state index contributed by atoms with van der Waals surface area (Å²) in [5.41, 5.74) is 2.28. The van der Waals surface area contributed by atoms with Gasteiger partial charge in [-0.2, -0.15) is 0 Å². The fourth-order valence-electron chi connectivity index (χ4n) is 3.52. The molecule has 7 heteroatoms. The zero-order valence-corrected chi connectivity index (χ0v) is 16.6. The van der Waals surface area contributed by atoms with Crippen molar-refractivity contribution in [2.75, 3.05) is 0 Å². The van der Waals surface area contributed by atoms with Crippen LogP contribution in [0.4, 0.5) is 0 Å². The van der Waals surface area contributed by atoms with Gasteiger partial charge >= 0.3 is 0 Å². The summed E-state index contributed by atoms with van der Waals surface area (Å²) in [6.07, 6.45) is 0.704. The van der Waals surface area contributed by atoms with Crippen LogP contribution >= 0.6 is 23.5 Å². The first-order valence-electron chi connectivity index (χ1n) is 8.67. The van der Waals surface area contributed by atoms with Crippen molar-refractivity contribution in [1.82, 2.24) is 10.3 Å². The first-order chi connectivity index (χ1) is 13.0. The van der Waals surface area contributed by atoms with Gasteiger partial charge in [0.25, 0.3) is 0 Å². The van der Waals surface area contributed by atoms with Gasteiger partial charge in [0, 0.05) is 36.0 Å². The molecule has 2 aromatic rings. The van der Waals surface area contributed by atoms with Crippen molar-refractivity contribution in [2.45, 2.75) is 35.3 Å². The molecule has 0 saturated heterocycles. The topological polar surface area (TPSA) is 61.8 Å². The summed E-state index contributed by atoms with van der Waals surface area (Å²) in [7, 11) is 0. The normalized spacial score (nSPS) is 23.7. The highest BCUT2D eigenvalue weighted by atomic mass is 32.2. The Morgan fingerprint density at radius 1 is 1.11 bits per heavy atom. The van der Waals surface area contributed by atoms with Gasteiger partial charge in [-0.05, 0) is 11.6 Å². The monoisotopic (exact) mass is 397 g/mol. The molecule has 2 atom stereocenters. The Bertz CT molecular complexity index is 932. The lowest BCUT2D eigenvalue weighted by atomic mass is 9.96. The molecular weight excluding hydrogens is 378 g/mol. The van der Waals surface area contributed by atoms with E-state index in [1.165, 1.54) is 36.2 Å². The number of rotatable bonds is 1.